The molecule has 208 valence electrons. The van der Waals surface area contributed by atoms with Crippen molar-refractivity contribution in [3.8, 4) is 0 Å². The average molecular weight is 572 g/mol. The van der Waals surface area contributed by atoms with Crippen LogP contribution in [0.25, 0.3) is 5.57 Å². The zero-order valence-corrected chi connectivity index (χ0v) is 23.5. The number of hydrogen-bond donors (Lipinski definition) is 1. The molecule has 11 heteroatoms. The van der Waals surface area contributed by atoms with Crippen molar-refractivity contribution in [2.75, 3.05) is 38.0 Å². The lowest BCUT2D eigenvalue weighted by Gasteiger charge is -2.28. The Bertz CT molecular complexity index is 1300. The third-order valence-electron chi connectivity index (χ3n) is 6.90. The van der Waals surface area contributed by atoms with Crippen LogP contribution in [-0.4, -0.2) is 59.1 Å². The Kier molecular flexibility index (Phi) is 9.54. The summed E-state index contributed by atoms with van der Waals surface area (Å²) in [6.07, 6.45) is -1.75. The van der Waals surface area contributed by atoms with Crippen LogP contribution in [0.3, 0.4) is 0 Å². The first-order valence-corrected chi connectivity index (χ1v) is 14.1. The topological polar surface area (TPSA) is 69.7 Å². The van der Waals surface area contributed by atoms with E-state index in [1.807, 2.05) is 7.05 Å². The zero-order chi connectivity index (χ0) is 28.3. The van der Waals surface area contributed by atoms with Crippen LogP contribution in [0.1, 0.15) is 36.0 Å². The number of para-hydroxylation sites is 1. The van der Waals surface area contributed by atoms with Crippen LogP contribution in [0.4, 0.5) is 18.9 Å². The number of rotatable bonds is 8. The predicted molar refractivity (Wildman–Crippen MR) is 145 cm³/mol. The minimum absolute atomic E-state index is 0.0686. The number of allylic oxidation sites excluding steroid dienone is 1. The van der Waals surface area contributed by atoms with E-state index in [9.17, 15) is 26.4 Å². The van der Waals surface area contributed by atoms with E-state index in [1.54, 1.807) is 13.8 Å². The molecule has 1 fully saturated rings. The van der Waals surface area contributed by atoms with E-state index in [-0.39, 0.29) is 17.1 Å². The third-order valence-corrected chi connectivity index (χ3v) is 9.22. The molecule has 1 N–H and O–H groups in total. The van der Waals surface area contributed by atoms with Crippen molar-refractivity contribution in [3.63, 3.8) is 0 Å². The number of anilines is 1. The molecule has 1 saturated heterocycles. The van der Waals surface area contributed by atoms with Crippen LogP contribution in [-0.2, 0) is 14.8 Å². The van der Waals surface area contributed by atoms with E-state index in [2.05, 4.69) is 10.2 Å². The smallest absolute Gasteiger partial charge is 0.353 e. The monoisotopic (exact) mass is 571 g/mol. The van der Waals surface area contributed by atoms with Crippen LogP contribution in [0.15, 0.2) is 47.4 Å². The molecular weight excluding hydrogens is 539 g/mol. The standard InChI is InChI=1S/C27H33ClF3N3O3S/c1-18-16-25(19(2)15-23(18)28)38(36,37)34(4)24-8-6-5-7-21(24)22(27(29,30)31)17-26(35)32-12-9-20-10-13-33(3)14-11-20/h5-8,15-17,20H,9-14H2,1-4H3,(H,32,35)/b22-17-. The van der Waals surface area contributed by atoms with E-state index in [0.717, 1.165) is 36.3 Å². The Balaban J connectivity index is 1.89. The molecule has 0 bridgehead atoms. The predicted octanol–water partition coefficient (Wildman–Crippen LogP) is 5.58. The summed E-state index contributed by atoms with van der Waals surface area (Å²) in [4.78, 5) is 14.7. The fourth-order valence-corrected chi connectivity index (χ4v) is 6.25. The maximum absolute atomic E-state index is 14.2. The number of sulfonamides is 1. The number of likely N-dealkylation sites (tertiary alicyclic amines) is 1. The highest BCUT2D eigenvalue weighted by Crippen LogP contribution is 2.40. The number of nitrogens with zero attached hydrogens (tertiary/aromatic N) is 2. The Morgan fingerprint density at radius 1 is 1.16 bits per heavy atom. The van der Waals surface area contributed by atoms with Crippen LogP contribution >= 0.6 is 11.6 Å². The molecular formula is C27H33ClF3N3O3S. The largest absolute Gasteiger partial charge is 0.417 e. The van der Waals surface area contributed by atoms with Crippen molar-refractivity contribution >= 4 is 38.8 Å². The number of amides is 1. The number of aryl methyl sites for hydroxylation is 2. The minimum atomic E-state index is -4.90. The van der Waals surface area contributed by atoms with Crippen LogP contribution < -0.4 is 9.62 Å². The van der Waals surface area contributed by atoms with Gasteiger partial charge in [0.25, 0.3) is 10.0 Å². The summed E-state index contributed by atoms with van der Waals surface area (Å²) in [6, 6.07) is 8.15. The van der Waals surface area contributed by atoms with Gasteiger partial charge in [-0.2, -0.15) is 13.2 Å². The second-order valence-corrected chi connectivity index (χ2v) is 12.1. The Morgan fingerprint density at radius 2 is 1.79 bits per heavy atom. The molecule has 0 radical (unpaired) electrons. The summed E-state index contributed by atoms with van der Waals surface area (Å²) >= 11 is 6.10. The van der Waals surface area contributed by atoms with E-state index < -0.39 is 33.2 Å². The molecule has 0 atom stereocenters. The van der Waals surface area contributed by atoms with Gasteiger partial charge in [0.15, 0.2) is 0 Å². The normalized spacial score (nSPS) is 15.9. The molecule has 0 unspecified atom stereocenters. The summed E-state index contributed by atoms with van der Waals surface area (Å²) in [5.41, 5.74) is -0.969. The summed E-state index contributed by atoms with van der Waals surface area (Å²) in [5.74, 6) is -0.466. The molecule has 2 aromatic rings. The van der Waals surface area contributed by atoms with Crippen molar-refractivity contribution in [2.45, 2.75) is 44.2 Å². The number of hydrogen-bond acceptors (Lipinski definition) is 4. The van der Waals surface area contributed by atoms with Gasteiger partial charge in [0.1, 0.15) is 0 Å². The van der Waals surface area contributed by atoms with Gasteiger partial charge in [-0.05, 0) is 88.5 Å². The van der Waals surface area contributed by atoms with Crippen molar-refractivity contribution in [2.24, 2.45) is 5.92 Å². The highest BCUT2D eigenvalue weighted by Gasteiger charge is 2.38. The summed E-state index contributed by atoms with van der Waals surface area (Å²) in [5, 5.41) is 2.95. The first-order chi connectivity index (χ1) is 17.7. The molecule has 0 aromatic heterocycles. The number of benzene rings is 2. The molecule has 0 aliphatic carbocycles. The fraction of sp³-hybridized carbons (Fsp3) is 0.444. The highest BCUT2D eigenvalue weighted by atomic mass is 35.5. The second kappa shape index (κ2) is 12.1. The number of nitrogens with one attached hydrogen (secondary N) is 1. The molecule has 2 aromatic carbocycles. The fourth-order valence-electron chi connectivity index (χ4n) is 4.53. The maximum atomic E-state index is 14.2. The third kappa shape index (κ3) is 7.09. The van der Waals surface area contributed by atoms with E-state index in [4.69, 9.17) is 11.6 Å². The molecule has 1 aliphatic rings. The zero-order valence-electron chi connectivity index (χ0n) is 21.9. The summed E-state index contributed by atoms with van der Waals surface area (Å²) < 4.78 is 70.4. The van der Waals surface area contributed by atoms with Crippen molar-refractivity contribution < 1.29 is 26.4 Å². The molecule has 1 heterocycles. The van der Waals surface area contributed by atoms with Gasteiger partial charge in [0.05, 0.1) is 16.2 Å². The Labute approximate surface area is 227 Å². The van der Waals surface area contributed by atoms with Gasteiger partial charge in [-0.15, -0.1) is 0 Å². The molecule has 6 nitrogen and oxygen atoms in total. The second-order valence-electron chi connectivity index (χ2n) is 9.74. The number of carbonyl (C=O) groups excluding carboxylic acids is 1. The first kappa shape index (κ1) is 30.0. The molecule has 38 heavy (non-hydrogen) atoms. The van der Waals surface area contributed by atoms with E-state index in [0.29, 0.717) is 34.6 Å². The molecule has 1 amide bonds. The van der Waals surface area contributed by atoms with E-state index >= 15 is 0 Å². The van der Waals surface area contributed by atoms with Crippen molar-refractivity contribution in [3.05, 3.63) is 64.2 Å². The van der Waals surface area contributed by atoms with Gasteiger partial charge in [-0.1, -0.05) is 29.8 Å². The average Bonchev–Trinajstić information content (AvgIpc) is 2.84. The highest BCUT2D eigenvalue weighted by molar-refractivity contribution is 7.92. The Morgan fingerprint density at radius 3 is 2.42 bits per heavy atom. The number of piperidine rings is 1. The van der Waals surface area contributed by atoms with Gasteiger partial charge in [0.2, 0.25) is 5.91 Å². The van der Waals surface area contributed by atoms with Gasteiger partial charge >= 0.3 is 6.18 Å². The van der Waals surface area contributed by atoms with Crippen LogP contribution in [0, 0.1) is 19.8 Å². The van der Waals surface area contributed by atoms with Crippen LogP contribution in [0.2, 0.25) is 5.02 Å². The molecule has 0 spiro atoms. The number of halogens is 4. The van der Waals surface area contributed by atoms with Crippen molar-refractivity contribution in [1.82, 2.24) is 10.2 Å². The Hall–Kier alpha value is -2.56. The van der Waals surface area contributed by atoms with Gasteiger partial charge in [-0.3, -0.25) is 9.10 Å². The molecule has 1 aliphatic heterocycles. The summed E-state index contributed by atoms with van der Waals surface area (Å²) in [7, 11) is -1.02. The first-order valence-electron chi connectivity index (χ1n) is 12.3. The minimum Gasteiger partial charge on any atom is -0.353 e. The van der Waals surface area contributed by atoms with Crippen molar-refractivity contribution in [1.29, 1.82) is 0 Å². The SMILES string of the molecule is Cc1cc(S(=O)(=O)N(C)c2ccccc2/C(=C/C(=O)NCCC2CCN(C)CC2)C(F)(F)F)c(C)cc1Cl. The van der Waals surface area contributed by atoms with Gasteiger partial charge in [0, 0.05) is 30.3 Å². The summed E-state index contributed by atoms with van der Waals surface area (Å²) in [6.45, 7) is 5.39. The van der Waals surface area contributed by atoms with Crippen LogP contribution in [0.5, 0.6) is 0 Å². The van der Waals surface area contributed by atoms with E-state index in [1.165, 1.54) is 37.4 Å². The molecule has 0 saturated carbocycles. The quantitative estimate of drug-likeness (QED) is 0.420. The lowest BCUT2D eigenvalue weighted by Crippen LogP contribution is -2.32. The molecule has 3 rings (SSSR count). The number of carbonyl (C=O) groups is 1. The van der Waals surface area contributed by atoms with Gasteiger partial charge < -0.3 is 10.2 Å². The lowest BCUT2D eigenvalue weighted by molar-refractivity contribution is -0.117. The number of alkyl halides is 3. The lowest BCUT2D eigenvalue weighted by atomic mass is 9.94. The van der Waals surface area contributed by atoms with Gasteiger partial charge in [-0.25, -0.2) is 8.42 Å². The maximum Gasteiger partial charge on any atom is 0.417 e.